The second kappa shape index (κ2) is 17.0. The zero-order valence-electron chi connectivity index (χ0n) is 20.9. The van der Waals surface area contributed by atoms with E-state index < -0.39 is 36.7 Å². The van der Waals surface area contributed by atoms with Gasteiger partial charge in [0.25, 0.3) is 0 Å². The maximum Gasteiger partial charge on any atom is 0.322 e. The van der Waals surface area contributed by atoms with Crippen LogP contribution in [0.4, 0.5) is 0 Å². The Morgan fingerprint density at radius 3 is 0.718 bits per heavy atom. The average Bonchev–Trinajstić information content (AvgIpc) is 2.91. The third-order valence-corrected chi connectivity index (χ3v) is 4.48. The number of esters is 4. The van der Waals surface area contributed by atoms with Crippen molar-refractivity contribution in [1.82, 2.24) is 0 Å². The van der Waals surface area contributed by atoms with Crippen molar-refractivity contribution in [3.8, 4) is 23.0 Å². The van der Waals surface area contributed by atoms with Gasteiger partial charge in [0.05, 0.1) is 0 Å². The molecule has 0 heterocycles. The van der Waals surface area contributed by atoms with Crippen molar-refractivity contribution in [1.29, 1.82) is 0 Å². The fourth-order valence-electron chi connectivity index (χ4n) is 2.86. The normalized spacial score (nSPS) is 9.44. The summed E-state index contributed by atoms with van der Waals surface area (Å²) in [7, 11) is 0. The smallest absolute Gasteiger partial charge is 0.322 e. The van der Waals surface area contributed by atoms with Gasteiger partial charge in [-0.1, -0.05) is 72.8 Å². The largest absolute Gasteiger partial charge is 0.426 e. The zero-order valence-corrected chi connectivity index (χ0v) is 23.9. The summed E-state index contributed by atoms with van der Waals surface area (Å²) in [4.78, 5) is 46.0. The number of hydrogen-bond acceptors (Lipinski definition) is 8. The van der Waals surface area contributed by atoms with Crippen molar-refractivity contribution < 1.29 is 57.6 Å². The van der Waals surface area contributed by atoms with E-state index in [1.165, 1.54) is 0 Å². The molecule has 8 nitrogen and oxygen atoms in total. The van der Waals surface area contributed by atoms with Gasteiger partial charge in [0.15, 0.2) is 0 Å². The van der Waals surface area contributed by atoms with Crippen LogP contribution in [-0.4, -0.2) is 23.9 Å². The second-order valence-corrected chi connectivity index (χ2v) is 7.50. The summed E-state index contributed by atoms with van der Waals surface area (Å²) < 4.78 is 19.9. The monoisotopic (exact) mass is 576 g/mol. The van der Waals surface area contributed by atoms with E-state index in [4.69, 9.17) is 18.9 Å². The first-order valence-electron chi connectivity index (χ1n) is 11.5. The van der Waals surface area contributed by atoms with Gasteiger partial charge in [0.1, 0.15) is 35.8 Å². The Labute approximate surface area is 238 Å². The number of carbonyl (C=O) groups excluding carboxylic acids is 4. The van der Waals surface area contributed by atoms with Crippen LogP contribution in [0, 0.1) is 0 Å². The molecule has 0 N–H and O–H groups in total. The molecule has 9 heteroatoms. The molecule has 0 aromatic heterocycles. The van der Waals surface area contributed by atoms with Crippen molar-refractivity contribution in [3.63, 3.8) is 0 Å². The van der Waals surface area contributed by atoms with Crippen LogP contribution in [0.15, 0.2) is 121 Å². The van der Waals surface area contributed by atoms with Gasteiger partial charge >= 0.3 is 23.9 Å². The fraction of sp³-hybridized carbons (Fsp3) is 0.0667. The van der Waals surface area contributed by atoms with Crippen molar-refractivity contribution >= 4 is 23.9 Å². The molecular formula is C30H24O8Zn. The molecule has 0 atom stereocenters. The Morgan fingerprint density at radius 2 is 0.538 bits per heavy atom. The summed E-state index contributed by atoms with van der Waals surface area (Å²) in [5, 5.41) is 0. The Balaban J connectivity index is 0.000000267. The van der Waals surface area contributed by atoms with E-state index in [9.17, 15) is 19.2 Å². The standard InChI is InChI=1S/2C15H12O4.Zn/c2*16-14(18-12-7-3-1-4-8-12)11-15(17)19-13-9-5-2-6-10-13;/h2*1-10H,11H2;. The number of rotatable bonds is 8. The average molecular weight is 578 g/mol. The third kappa shape index (κ3) is 12.5. The van der Waals surface area contributed by atoms with Crippen LogP contribution in [0.1, 0.15) is 12.8 Å². The van der Waals surface area contributed by atoms with Gasteiger partial charge in [-0.25, -0.2) is 0 Å². The van der Waals surface area contributed by atoms with Crippen molar-refractivity contribution in [3.05, 3.63) is 121 Å². The van der Waals surface area contributed by atoms with Crippen LogP contribution >= 0.6 is 0 Å². The Bertz CT molecular complexity index is 1110. The number of hydrogen-bond donors (Lipinski definition) is 0. The van der Waals surface area contributed by atoms with Crippen LogP contribution in [0.5, 0.6) is 23.0 Å². The molecule has 0 radical (unpaired) electrons. The SMILES string of the molecule is O=C(CC(=O)Oc1ccccc1)Oc1ccccc1.O=C(CC(=O)Oc1ccccc1)Oc1ccccc1.[Zn]. The molecule has 0 aliphatic heterocycles. The molecule has 0 aliphatic rings. The van der Waals surface area contributed by atoms with Gasteiger partial charge in [0, 0.05) is 19.5 Å². The van der Waals surface area contributed by atoms with Gasteiger partial charge in [-0.15, -0.1) is 0 Å². The molecule has 0 unspecified atom stereocenters. The molecule has 0 amide bonds. The molecular weight excluding hydrogens is 554 g/mol. The van der Waals surface area contributed by atoms with Crippen molar-refractivity contribution in [2.24, 2.45) is 0 Å². The molecule has 39 heavy (non-hydrogen) atoms. The number of para-hydroxylation sites is 4. The van der Waals surface area contributed by atoms with E-state index in [-0.39, 0.29) is 19.5 Å². The molecule has 4 aromatic rings. The van der Waals surface area contributed by atoms with E-state index in [1.807, 2.05) is 0 Å². The predicted octanol–water partition coefficient (Wildman–Crippen LogP) is 5.17. The first kappa shape index (κ1) is 30.6. The van der Waals surface area contributed by atoms with Gasteiger partial charge < -0.3 is 18.9 Å². The van der Waals surface area contributed by atoms with E-state index in [0.717, 1.165) is 0 Å². The molecule has 4 aromatic carbocycles. The van der Waals surface area contributed by atoms with Gasteiger partial charge in [-0.2, -0.15) is 0 Å². The molecule has 0 saturated heterocycles. The molecule has 0 bridgehead atoms. The Hall–Kier alpha value is -4.62. The van der Waals surface area contributed by atoms with Gasteiger partial charge in [-0.3, -0.25) is 19.2 Å². The molecule has 4 rings (SSSR count). The Kier molecular flexibility index (Phi) is 13.3. The first-order chi connectivity index (χ1) is 18.5. The van der Waals surface area contributed by atoms with Gasteiger partial charge in [-0.05, 0) is 48.5 Å². The van der Waals surface area contributed by atoms with Gasteiger partial charge in [0.2, 0.25) is 0 Å². The van der Waals surface area contributed by atoms with Crippen LogP contribution in [0.2, 0.25) is 0 Å². The van der Waals surface area contributed by atoms with E-state index in [0.29, 0.717) is 23.0 Å². The minimum absolute atomic E-state index is 0. The van der Waals surface area contributed by atoms with Crippen molar-refractivity contribution in [2.75, 3.05) is 0 Å². The van der Waals surface area contributed by atoms with E-state index in [1.54, 1.807) is 121 Å². The summed E-state index contributed by atoms with van der Waals surface area (Å²) in [6, 6.07) is 34.3. The minimum atomic E-state index is -0.646. The minimum Gasteiger partial charge on any atom is -0.426 e. The number of ether oxygens (including phenoxy) is 4. The van der Waals surface area contributed by atoms with E-state index >= 15 is 0 Å². The maximum atomic E-state index is 11.5. The third-order valence-electron chi connectivity index (χ3n) is 4.48. The summed E-state index contributed by atoms with van der Waals surface area (Å²) >= 11 is 0. The first-order valence-corrected chi connectivity index (χ1v) is 11.5. The molecule has 194 valence electrons. The number of carbonyl (C=O) groups is 4. The fourth-order valence-corrected chi connectivity index (χ4v) is 2.86. The summed E-state index contributed by atoms with van der Waals surface area (Å²) in [6.07, 6.45) is -0.854. The van der Waals surface area contributed by atoms with Crippen LogP contribution in [-0.2, 0) is 38.7 Å². The zero-order chi connectivity index (χ0) is 27.0. The molecule has 0 fully saturated rings. The topological polar surface area (TPSA) is 105 Å². The summed E-state index contributed by atoms with van der Waals surface area (Å²) in [5.74, 6) is -0.974. The second-order valence-electron chi connectivity index (χ2n) is 7.50. The molecule has 0 spiro atoms. The summed E-state index contributed by atoms with van der Waals surface area (Å²) in [5.41, 5.74) is 0. The van der Waals surface area contributed by atoms with Crippen LogP contribution in [0.25, 0.3) is 0 Å². The summed E-state index contributed by atoms with van der Waals surface area (Å²) in [6.45, 7) is 0. The van der Waals surface area contributed by atoms with Crippen molar-refractivity contribution in [2.45, 2.75) is 12.8 Å². The quantitative estimate of drug-likeness (QED) is 0.122. The predicted molar refractivity (Wildman–Crippen MR) is 138 cm³/mol. The van der Waals surface area contributed by atoms with Crippen LogP contribution in [0.3, 0.4) is 0 Å². The van der Waals surface area contributed by atoms with Crippen LogP contribution < -0.4 is 18.9 Å². The maximum absolute atomic E-state index is 11.5. The number of benzene rings is 4. The van der Waals surface area contributed by atoms with E-state index in [2.05, 4.69) is 0 Å². The molecule has 0 aliphatic carbocycles. The molecule has 0 saturated carbocycles. The Morgan fingerprint density at radius 1 is 0.359 bits per heavy atom.